The Labute approximate surface area is 886 Å². The fourth-order valence-electron chi connectivity index (χ4n) is 12.9. The van der Waals surface area contributed by atoms with Crippen molar-refractivity contribution in [3.8, 4) is 0 Å². The second-order valence-electron chi connectivity index (χ2n) is 28.6. The van der Waals surface area contributed by atoms with Crippen molar-refractivity contribution in [1.82, 2.24) is 16.0 Å². The molecule has 0 fully saturated rings. The third kappa shape index (κ3) is 58.4. The smallest absolute Gasteiger partial charge is 0.870 e. The van der Waals surface area contributed by atoms with Crippen LogP contribution in [-0.4, -0.2) is 172 Å². The number of Topliss-reactive ketones (excluding diaryl/α,β-unsaturated/α-hetero) is 1. The SMILES string of the molecule is Brc1ccsc1.CCOC(=O)/C=C/c1ccsc1.CCOC(=O)CC(C[N+](=O)[O-])c1ccsc1.CCOC(=O)Cl.CCOC(=O)NCC1CCc2sccc21.CNCC1CCc2sccc21.CNCC1CCc2sccc21.C[C-](C)C.C[N+](=O)[O-].Cl.Cl.NCC1CCc2sccc21.O=C(O)CC(C[N+](=O)[O-])c1ccsc1.O=C1CC(C[N+](=O)[O-])c2ccsc21.O=Cc1ccsc1.[2H]CF.[Li+].[Li+].[OH-]. The van der Waals surface area contributed by atoms with Gasteiger partial charge < -0.3 is 57.1 Å². The number of aliphatic carboxylic acids is 1. The first-order valence-corrected chi connectivity index (χ1v) is 51.6. The number of carbonyl (C=O) groups is 7. The molecule has 0 spiro atoms. The molecule has 7 unspecified atom stereocenters. The number of nitro groups is 4. The summed E-state index contributed by atoms with van der Waals surface area (Å²) < 4.78 is 35.2. The summed E-state index contributed by atoms with van der Waals surface area (Å²) in [6.45, 7) is 17.9. The third-order valence-electron chi connectivity index (χ3n) is 18.5. The Bertz CT molecular complexity index is 4810. The Hall–Kier alpha value is -6.86. The molecule has 0 saturated heterocycles. The number of ether oxygens (including phenoxy) is 4. The number of hydrogen-bond donors (Lipinski definition) is 5. The number of hydrogen-bond acceptors (Lipinski definition) is 33. The molecule has 15 rings (SSSR count). The van der Waals surface area contributed by atoms with Crippen LogP contribution in [0.4, 0.5) is 14.0 Å². The number of halogens is 5. The Morgan fingerprint density at radius 2 is 0.956 bits per heavy atom. The number of thiophene rings is 10. The number of carboxylic acids is 1. The standard InChI is InChI=1S/C11H15NO2S.C10H13NO4S.2C9H13NS.C9H10O2S.C8H9NO4S.C8H7NO3S.C8H11NS.C5H4OS.C4H3BrS.C4H9.C3H5ClO2.CH3F.CH3NO2.2ClH.2Li.H2O/c1-2-14-11(13)12-7-8-3-4-10-9(8)5-6-15-10;1-2-15-10(12)5-9(6-11(13)14)8-3-4-16-7-8;2*1-10-6-7-2-3-9-8(7)4-5-11-9;1-2-11-9(10)4-3-8-5-6-12-7-8;10-8(11)3-7(4-9(12)13)6-1-2-14-5-6;10-7-3-5(4-9(11)12)6-1-2-13-8(6)7;9-5-6-1-2-8-7(6)3-4-10-8;6-3-5-1-2-7-4-5;5-4-1-2-6-3-4;1-4(2)3;1-2-6-3(4)5;1-2;1-2(3)4;;;;;/h5-6,8H,2-4,7H2,1H3,(H,12,13);3-4,7,9H,2,5-6H2,1H3;2*4-5,7,10H,2-3,6H2,1H3;3-7H,2H2,1H3;1-2,5,7H,3-4H2,(H,10,11);1-2,5H,3-4H2;3-4,6H,1-2,5,9H2;1-4H;1-3H;1-3H3;2H2,1H3;1H3;1H3;2*1H;;;1H2/q;;;;;;;;;;-1;;;;;;2*+1;/p-1/b;;;;4-3+;;;;;;;;;;;;;;/i;;;;;;;;;;;;1D;;;;;;. The second-order valence-corrected chi connectivity index (χ2v) is 38.7. The van der Waals surface area contributed by atoms with Crippen molar-refractivity contribution >= 4 is 213 Å². The number of likely N-dealkylation sites (N-methyl/N-ethyl adjacent to an activating group) is 2. The number of carboxylic acid groups (broad SMARTS) is 1. The number of carbonyl (C=O) groups excluding carboxylic acids is 6. The Balaban J connectivity index is -0.000000706. The average Bonchev–Trinajstić information content (AvgIpc) is 1.68. The summed E-state index contributed by atoms with van der Waals surface area (Å²) in [7, 11) is 3.95. The second kappa shape index (κ2) is 81.8. The van der Waals surface area contributed by atoms with Crippen LogP contribution in [0.15, 0.2) is 152 Å². The van der Waals surface area contributed by atoms with Crippen molar-refractivity contribution < 1.29 is 126 Å². The van der Waals surface area contributed by atoms with E-state index in [-0.39, 0.29) is 141 Å². The molecule has 0 aromatic carbocycles. The molecule has 136 heavy (non-hydrogen) atoms. The minimum Gasteiger partial charge on any atom is -0.870 e. The molecule has 10 aromatic rings. The first-order valence-electron chi connectivity index (χ1n) is 42.0. The van der Waals surface area contributed by atoms with Crippen molar-refractivity contribution in [2.24, 2.45) is 5.73 Å². The maximum absolute atomic E-state index is 11.3. The zero-order chi connectivity index (χ0) is 98.1. The van der Waals surface area contributed by atoms with Gasteiger partial charge in [-0.1, -0.05) is 0 Å². The van der Waals surface area contributed by atoms with E-state index in [0.717, 1.165) is 85.5 Å². The van der Waals surface area contributed by atoms with Gasteiger partial charge in [-0.05, 0) is 315 Å². The van der Waals surface area contributed by atoms with Crippen LogP contribution < -0.4 is 59.4 Å². The molecule has 0 radical (unpaired) electrons. The van der Waals surface area contributed by atoms with E-state index in [4.69, 9.17) is 48.1 Å². The first kappa shape index (κ1) is 133. The molecule has 10 heterocycles. The predicted molar refractivity (Wildman–Crippen MR) is 554 cm³/mol. The Kier molecular flexibility index (Phi) is 80.2. The third-order valence-corrected chi connectivity index (χ3v) is 27.8. The van der Waals surface area contributed by atoms with E-state index in [1.54, 1.807) is 104 Å². The van der Waals surface area contributed by atoms with Crippen molar-refractivity contribution in [2.45, 2.75) is 161 Å². The molecule has 46 heteroatoms. The van der Waals surface area contributed by atoms with Crippen LogP contribution in [0.25, 0.3) is 6.08 Å². The summed E-state index contributed by atoms with van der Waals surface area (Å²) in [6.07, 6.45) is 14.0. The van der Waals surface area contributed by atoms with Crippen LogP contribution in [0, 0.1) is 46.4 Å². The molecule has 7 atom stereocenters. The van der Waals surface area contributed by atoms with Gasteiger partial charge in [-0.15, -0.1) is 81.5 Å². The van der Waals surface area contributed by atoms with Crippen molar-refractivity contribution in [2.75, 3.05) is 101 Å². The number of nitrogens with zero attached hydrogens (tertiary/aromatic N) is 4. The summed E-state index contributed by atoms with van der Waals surface area (Å²) in [5, 5.41) is 87.2. The van der Waals surface area contributed by atoms with Crippen LogP contribution in [-0.2, 0) is 59.0 Å². The molecule has 5 aliphatic rings. The van der Waals surface area contributed by atoms with Crippen LogP contribution in [0.3, 0.4) is 0 Å². The minimum absolute atomic E-state index is 0. The van der Waals surface area contributed by atoms with E-state index in [9.17, 15) is 68.3 Å². The summed E-state index contributed by atoms with van der Waals surface area (Å²) in [5.74, 6) is 1.42. The number of fused-ring (bicyclic) bond motifs is 5. The quantitative estimate of drug-likeness (QED) is 0.00387. The molecule has 10 aromatic heterocycles. The number of alkyl halides is 1. The summed E-state index contributed by atoms with van der Waals surface area (Å²) >= 11 is 24.6. The minimum atomic E-state index is -1.01. The summed E-state index contributed by atoms with van der Waals surface area (Å²) in [4.78, 5) is 120. The molecule has 0 saturated carbocycles. The van der Waals surface area contributed by atoms with E-state index >= 15 is 0 Å². The number of aryl methyl sites for hydroxylation is 4. The molecule has 0 bridgehead atoms. The molecule has 5 aliphatic carbocycles. The van der Waals surface area contributed by atoms with E-state index in [2.05, 4.69) is 103 Å². The molecule has 7 N–H and O–H groups in total. The van der Waals surface area contributed by atoms with Crippen molar-refractivity contribution in [1.29, 1.82) is 0 Å². The maximum atomic E-state index is 11.3. The Morgan fingerprint density at radius 3 is 1.29 bits per heavy atom. The molecular formula is C90H121BrCl3FLi2N8O21S10. The van der Waals surface area contributed by atoms with Crippen molar-refractivity contribution in [3.05, 3.63) is 273 Å². The van der Waals surface area contributed by atoms with Gasteiger partial charge in [0.15, 0.2) is 19.1 Å². The van der Waals surface area contributed by atoms with E-state index in [1.165, 1.54) is 116 Å². The van der Waals surface area contributed by atoms with Gasteiger partial charge in [0.25, 0.3) is 0 Å². The number of alkyl carbamates (subject to hydrolysis) is 1. The fraction of sp³-hybridized carbons (Fsp3) is 0.444. The van der Waals surface area contributed by atoms with Crippen molar-refractivity contribution in [3.63, 3.8) is 0 Å². The maximum Gasteiger partial charge on any atom is 1.00 e. The van der Waals surface area contributed by atoms with Gasteiger partial charge in [-0.3, -0.25) is 64.0 Å². The predicted octanol–water partition coefficient (Wildman–Crippen LogP) is 18.1. The largest absolute Gasteiger partial charge is 1.00 e. The number of ketones is 1. The van der Waals surface area contributed by atoms with Gasteiger partial charge in [0.2, 0.25) is 19.6 Å². The number of amides is 1. The molecule has 0 aliphatic heterocycles. The van der Waals surface area contributed by atoms with E-state index in [1.807, 2.05) is 133 Å². The zero-order valence-electron chi connectivity index (χ0n) is 79.0. The zero-order valence-corrected chi connectivity index (χ0v) is 90.2. The number of nitrogens with two attached hydrogens (primary N) is 1. The van der Waals surface area contributed by atoms with Crippen LogP contribution in [0.5, 0.6) is 0 Å². The fourth-order valence-corrected chi connectivity index (χ4v) is 21.8. The molecular weight excluding hydrogens is 2070 g/mol. The van der Waals surface area contributed by atoms with Crippen LogP contribution in [0.2, 0.25) is 0 Å². The van der Waals surface area contributed by atoms with Crippen LogP contribution >= 0.6 is 166 Å². The van der Waals surface area contributed by atoms with Gasteiger partial charge in [0, 0.05) is 110 Å². The van der Waals surface area contributed by atoms with E-state index < -0.39 is 39.2 Å². The Morgan fingerprint density at radius 1 is 0.574 bits per heavy atom. The number of rotatable bonds is 26. The number of esters is 2. The average molecular weight is 2190 g/mol. The topological polar surface area (TPSA) is 441 Å². The van der Waals surface area contributed by atoms with Gasteiger partial charge in [-0.2, -0.15) is 77.5 Å². The van der Waals surface area contributed by atoms with Gasteiger partial charge in [-0.25, -0.2) is 14.4 Å². The van der Waals surface area contributed by atoms with Gasteiger partial charge >= 0.3 is 67.2 Å². The van der Waals surface area contributed by atoms with E-state index in [0.29, 0.717) is 56.1 Å². The first-order chi connectivity index (χ1) is 63.3. The summed E-state index contributed by atoms with van der Waals surface area (Å²) in [5.41, 5.74) is 15.2. The van der Waals surface area contributed by atoms with Crippen LogP contribution in [0.1, 0.15) is 220 Å². The number of nitrogens with one attached hydrogen (secondary N) is 3. The van der Waals surface area contributed by atoms with Gasteiger partial charge in [0.1, 0.15) is 0 Å². The van der Waals surface area contributed by atoms with Gasteiger partial charge in [0.05, 0.1) is 70.4 Å². The number of aldehydes is 1. The normalized spacial score (nSPS) is 14.6. The molecule has 744 valence electrons. The molecule has 1 amide bonds. The monoisotopic (exact) mass is 2190 g/mol. The summed E-state index contributed by atoms with van der Waals surface area (Å²) in [6, 6.07) is 20.1. The molecule has 29 nitrogen and oxygen atoms in total.